The van der Waals surface area contributed by atoms with E-state index in [0.29, 0.717) is 69.3 Å². The molecule has 1 heterocycles. The van der Waals surface area contributed by atoms with Gasteiger partial charge in [-0.05, 0) is 86.0 Å². The van der Waals surface area contributed by atoms with Crippen molar-refractivity contribution in [3.05, 3.63) is 112 Å². The van der Waals surface area contributed by atoms with Crippen LogP contribution in [-0.4, -0.2) is 35.8 Å². The quantitative estimate of drug-likeness (QED) is 0.226. The number of carbonyl (C=O) groups excluding carboxylic acids is 2. The lowest BCUT2D eigenvalue weighted by Gasteiger charge is -2.24. The third kappa shape index (κ3) is 6.35. The molecule has 0 aliphatic carbocycles. The standard InChI is InChI=1S/C33H31ClN2O5S/c1-3-40-28-14-12-22(19-29(28)41-4-2)16-17-35-32(37)24-13-15-31-27(20-24)36(21-23-8-7-9-25(34)18-23)33(38)26-10-5-6-11-30(26)42(31)39/h5-15,18-20H,3-4,16-17,21H2,1-2H3,(H,35,37). The Morgan fingerprint density at radius 3 is 2.43 bits per heavy atom. The van der Waals surface area contributed by atoms with Crippen molar-refractivity contribution in [3.8, 4) is 11.5 Å². The van der Waals surface area contributed by atoms with Crippen molar-refractivity contribution in [1.82, 2.24) is 5.32 Å². The highest BCUT2D eigenvalue weighted by atomic mass is 35.5. The largest absolute Gasteiger partial charge is 0.490 e. The molecule has 216 valence electrons. The van der Waals surface area contributed by atoms with Gasteiger partial charge in [-0.15, -0.1) is 0 Å². The number of amides is 2. The molecule has 1 N–H and O–H groups in total. The van der Waals surface area contributed by atoms with Gasteiger partial charge in [0.05, 0.1) is 51.6 Å². The highest BCUT2D eigenvalue weighted by molar-refractivity contribution is 7.85. The van der Waals surface area contributed by atoms with Crippen LogP contribution in [0.15, 0.2) is 94.7 Å². The number of carbonyl (C=O) groups is 2. The fourth-order valence-electron chi connectivity index (χ4n) is 4.85. The Labute approximate surface area is 252 Å². The van der Waals surface area contributed by atoms with Crippen LogP contribution in [-0.2, 0) is 23.8 Å². The SMILES string of the molecule is CCOc1ccc(CCNC(=O)c2ccc3c(c2)N(Cc2cccc(Cl)c2)C(=O)c2ccccc2S3=O)cc1OCC. The predicted molar refractivity (Wildman–Crippen MR) is 164 cm³/mol. The number of nitrogens with one attached hydrogen (secondary N) is 1. The zero-order chi connectivity index (χ0) is 29.6. The van der Waals surface area contributed by atoms with Gasteiger partial charge < -0.3 is 19.7 Å². The van der Waals surface area contributed by atoms with Gasteiger partial charge in [-0.2, -0.15) is 0 Å². The monoisotopic (exact) mass is 602 g/mol. The first kappa shape index (κ1) is 29.4. The molecule has 1 atom stereocenters. The van der Waals surface area contributed by atoms with Gasteiger partial charge in [0.25, 0.3) is 11.8 Å². The third-order valence-electron chi connectivity index (χ3n) is 6.81. The van der Waals surface area contributed by atoms with E-state index in [1.165, 1.54) is 0 Å². The lowest BCUT2D eigenvalue weighted by molar-refractivity contribution is 0.0950. The molecule has 0 saturated carbocycles. The molecule has 7 nitrogen and oxygen atoms in total. The predicted octanol–water partition coefficient (Wildman–Crippen LogP) is 6.44. The number of hydrogen-bond acceptors (Lipinski definition) is 5. The van der Waals surface area contributed by atoms with Crippen molar-refractivity contribution in [2.24, 2.45) is 0 Å². The Kier molecular flexibility index (Phi) is 9.25. The molecule has 1 unspecified atom stereocenters. The molecule has 0 saturated heterocycles. The summed E-state index contributed by atoms with van der Waals surface area (Å²) in [5.41, 5.74) is 2.96. The van der Waals surface area contributed by atoms with Crippen molar-refractivity contribution in [2.45, 2.75) is 36.6 Å². The van der Waals surface area contributed by atoms with Crippen LogP contribution in [0.4, 0.5) is 5.69 Å². The summed E-state index contributed by atoms with van der Waals surface area (Å²) in [6, 6.07) is 24.9. The maximum Gasteiger partial charge on any atom is 0.259 e. The normalized spacial score (nSPS) is 14.0. The number of ether oxygens (including phenoxy) is 2. The first-order valence-corrected chi connectivity index (χ1v) is 15.3. The zero-order valence-corrected chi connectivity index (χ0v) is 25.0. The fraction of sp³-hybridized carbons (Fsp3) is 0.212. The van der Waals surface area contributed by atoms with E-state index in [1.54, 1.807) is 59.5 Å². The number of halogens is 1. The molecular formula is C33H31ClN2O5S. The van der Waals surface area contributed by atoms with E-state index in [-0.39, 0.29) is 18.4 Å². The molecule has 5 rings (SSSR count). The molecule has 42 heavy (non-hydrogen) atoms. The van der Waals surface area contributed by atoms with E-state index in [0.717, 1.165) is 11.1 Å². The van der Waals surface area contributed by atoms with Crippen LogP contribution in [0, 0.1) is 0 Å². The molecule has 1 aliphatic rings. The first-order chi connectivity index (χ1) is 20.4. The molecule has 0 bridgehead atoms. The Morgan fingerprint density at radius 2 is 1.64 bits per heavy atom. The van der Waals surface area contributed by atoms with Crippen molar-refractivity contribution >= 4 is 39.9 Å². The number of rotatable bonds is 10. The van der Waals surface area contributed by atoms with Crippen LogP contribution in [0.1, 0.15) is 45.7 Å². The topological polar surface area (TPSA) is 84.9 Å². The van der Waals surface area contributed by atoms with Gasteiger partial charge in [-0.1, -0.05) is 41.9 Å². The van der Waals surface area contributed by atoms with Crippen LogP contribution in [0.2, 0.25) is 5.02 Å². The maximum atomic E-state index is 13.8. The Hall–Kier alpha value is -4.14. The number of fused-ring (bicyclic) bond motifs is 2. The minimum atomic E-state index is -1.61. The van der Waals surface area contributed by atoms with E-state index < -0.39 is 10.8 Å². The van der Waals surface area contributed by atoms with Crippen LogP contribution >= 0.6 is 11.6 Å². The molecule has 1 aliphatic heterocycles. The van der Waals surface area contributed by atoms with Gasteiger partial charge in [-0.25, -0.2) is 4.21 Å². The first-order valence-electron chi connectivity index (χ1n) is 13.8. The Bertz CT molecular complexity index is 1660. The van der Waals surface area contributed by atoms with Crippen molar-refractivity contribution in [3.63, 3.8) is 0 Å². The molecule has 2 amide bonds. The highest BCUT2D eigenvalue weighted by Gasteiger charge is 2.31. The molecule has 0 aromatic heterocycles. The van der Waals surface area contributed by atoms with E-state index in [9.17, 15) is 13.8 Å². The van der Waals surface area contributed by atoms with Crippen LogP contribution in [0.25, 0.3) is 0 Å². The molecule has 9 heteroatoms. The summed E-state index contributed by atoms with van der Waals surface area (Å²) in [4.78, 5) is 29.5. The van der Waals surface area contributed by atoms with Gasteiger partial charge in [0.1, 0.15) is 0 Å². The molecule has 0 radical (unpaired) electrons. The van der Waals surface area contributed by atoms with Crippen LogP contribution < -0.4 is 19.7 Å². The van der Waals surface area contributed by atoms with E-state index in [4.69, 9.17) is 21.1 Å². The summed E-state index contributed by atoms with van der Waals surface area (Å²) in [5, 5.41) is 3.51. The lowest BCUT2D eigenvalue weighted by Crippen LogP contribution is -2.31. The summed E-state index contributed by atoms with van der Waals surface area (Å²) in [6.07, 6.45) is 0.585. The summed E-state index contributed by atoms with van der Waals surface area (Å²) >= 11 is 6.22. The molecular weight excluding hydrogens is 572 g/mol. The number of benzene rings is 4. The second kappa shape index (κ2) is 13.2. The minimum absolute atomic E-state index is 0.197. The minimum Gasteiger partial charge on any atom is -0.490 e. The van der Waals surface area contributed by atoms with Crippen molar-refractivity contribution in [1.29, 1.82) is 0 Å². The van der Waals surface area contributed by atoms with E-state index in [2.05, 4.69) is 5.32 Å². The van der Waals surface area contributed by atoms with Gasteiger partial charge in [-0.3, -0.25) is 9.59 Å². The second-order valence-corrected chi connectivity index (χ2v) is 11.5. The van der Waals surface area contributed by atoms with Gasteiger partial charge in [0.2, 0.25) is 0 Å². The lowest BCUT2D eigenvalue weighted by atomic mass is 10.1. The van der Waals surface area contributed by atoms with Crippen molar-refractivity contribution in [2.75, 3.05) is 24.7 Å². The molecule has 0 spiro atoms. The fourth-order valence-corrected chi connectivity index (χ4v) is 6.41. The Morgan fingerprint density at radius 1 is 0.857 bits per heavy atom. The third-order valence-corrected chi connectivity index (χ3v) is 8.55. The summed E-state index contributed by atoms with van der Waals surface area (Å²) in [7, 11) is -1.61. The summed E-state index contributed by atoms with van der Waals surface area (Å²) in [6.45, 7) is 5.48. The zero-order valence-electron chi connectivity index (χ0n) is 23.4. The van der Waals surface area contributed by atoms with Crippen LogP contribution in [0.5, 0.6) is 11.5 Å². The van der Waals surface area contributed by atoms with Gasteiger partial charge in [0, 0.05) is 17.1 Å². The maximum absolute atomic E-state index is 13.8. The second-order valence-electron chi connectivity index (χ2n) is 9.62. The smallest absolute Gasteiger partial charge is 0.259 e. The summed E-state index contributed by atoms with van der Waals surface area (Å²) in [5.74, 6) is 0.771. The van der Waals surface area contributed by atoms with Crippen LogP contribution in [0.3, 0.4) is 0 Å². The van der Waals surface area contributed by atoms with Gasteiger partial charge >= 0.3 is 0 Å². The number of anilines is 1. The summed E-state index contributed by atoms with van der Waals surface area (Å²) < 4.78 is 25.0. The average Bonchev–Trinajstić information content (AvgIpc) is 3.08. The van der Waals surface area contributed by atoms with E-state index in [1.807, 2.05) is 44.2 Å². The highest BCUT2D eigenvalue weighted by Crippen LogP contribution is 2.36. The molecule has 4 aromatic rings. The Balaban J connectivity index is 1.40. The molecule has 4 aromatic carbocycles. The number of nitrogens with zero attached hydrogens (tertiary/aromatic N) is 1. The van der Waals surface area contributed by atoms with E-state index >= 15 is 0 Å². The molecule has 0 fully saturated rings. The van der Waals surface area contributed by atoms with Crippen molar-refractivity contribution < 1.29 is 23.3 Å². The van der Waals surface area contributed by atoms with Gasteiger partial charge in [0.15, 0.2) is 11.5 Å². The average molecular weight is 603 g/mol. The number of hydrogen-bond donors (Lipinski definition) is 1.